The van der Waals surface area contributed by atoms with Crippen LogP contribution in [-0.4, -0.2) is 29.8 Å². The number of ether oxygens (including phenoxy) is 1. The second kappa shape index (κ2) is 10.3. The first-order valence-corrected chi connectivity index (χ1v) is 10.1. The molecule has 5 heteroatoms. The number of carbonyl (C=O) groups is 2. The van der Waals surface area contributed by atoms with Gasteiger partial charge in [-0.25, -0.2) is 0 Å². The summed E-state index contributed by atoms with van der Waals surface area (Å²) >= 11 is 0. The molecule has 3 rings (SSSR count). The van der Waals surface area contributed by atoms with Crippen LogP contribution in [-0.2, 0) is 6.61 Å². The molecule has 0 unspecified atom stereocenters. The van der Waals surface area contributed by atoms with Gasteiger partial charge in [0.25, 0.3) is 11.8 Å². The van der Waals surface area contributed by atoms with Gasteiger partial charge in [0.05, 0.1) is 0 Å². The quantitative estimate of drug-likeness (QED) is 0.577. The first kappa shape index (κ1) is 21.1. The summed E-state index contributed by atoms with van der Waals surface area (Å²) in [6, 6.07) is 23.9. The zero-order chi connectivity index (χ0) is 21.3. The number of hydrogen-bond acceptors (Lipinski definition) is 3. The van der Waals surface area contributed by atoms with E-state index in [0.717, 1.165) is 5.56 Å². The van der Waals surface area contributed by atoms with Crippen LogP contribution < -0.4 is 10.1 Å². The minimum Gasteiger partial charge on any atom is -0.489 e. The molecule has 0 aliphatic carbocycles. The van der Waals surface area contributed by atoms with Crippen molar-refractivity contribution in [3.8, 4) is 5.75 Å². The maximum absolute atomic E-state index is 12.5. The van der Waals surface area contributed by atoms with Crippen molar-refractivity contribution in [3.63, 3.8) is 0 Å². The molecule has 3 aromatic carbocycles. The highest BCUT2D eigenvalue weighted by Gasteiger charge is 2.12. The lowest BCUT2D eigenvalue weighted by Gasteiger charge is -2.18. The number of rotatable bonds is 8. The fraction of sp³-hybridized carbons (Fsp3) is 0.200. The Kier molecular flexibility index (Phi) is 7.22. The van der Waals surface area contributed by atoms with E-state index >= 15 is 0 Å². The van der Waals surface area contributed by atoms with Crippen LogP contribution in [0.2, 0.25) is 0 Å². The standard InChI is InChI=1S/C25H26N2O3/c1-3-27(4-2)25(29)21-10-14-22(15-11-21)26-24(28)20-12-16-23(17-13-20)30-18-19-8-6-5-7-9-19/h5-17H,3-4,18H2,1-2H3,(H,26,28). The summed E-state index contributed by atoms with van der Waals surface area (Å²) in [4.78, 5) is 26.6. The first-order valence-electron chi connectivity index (χ1n) is 10.1. The zero-order valence-corrected chi connectivity index (χ0v) is 17.3. The van der Waals surface area contributed by atoms with E-state index in [-0.39, 0.29) is 11.8 Å². The molecule has 5 nitrogen and oxygen atoms in total. The third kappa shape index (κ3) is 5.47. The van der Waals surface area contributed by atoms with E-state index in [1.165, 1.54) is 0 Å². The molecule has 3 aromatic rings. The van der Waals surface area contributed by atoms with E-state index in [4.69, 9.17) is 4.74 Å². The Balaban J connectivity index is 1.57. The van der Waals surface area contributed by atoms with Crippen molar-refractivity contribution >= 4 is 17.5 Å². The number of carbonyl (C=O) groups excluding carboxylic acids is 2. The molecular weight excluding hydrogens is 376 g/mol. The lowest BCUT2D eigenvalue weighted by Crippen LogP contribution is -2.30. The van der Waals surface area contributed by atoms with Gasteiger partial charge >= 0.3 is 0 Å². The van der Waals surface area contributed by atoms with Gasteiger partial charge in [-0.05, 0) is 67.9 Å². The van der Waals surface area contributed by atoms with Crippen LogP contribution in [0.1, 0.15) is 40.1 Å². The van der Waals surface area contributed by atoms with Crippen LogP contribution in [0.4, 0.5) is 5.69 Å². The summed E-state index contributed by atoms with van der Waals surface area (Å²) in [7, 11) is 0. The molecule has 0 saturated carbocycles. The van der Waals surface area contributed by atoms with E-state index < -0.39 is 0 Å². The second-order valence-corrected chi connectivity index (χ2v) is 6.81. The van der Waals surface area contributed by atoms with E-state index in [0.29, 0.717) is 42.3 Å². The van der Waals surface area contributed by atoms with E-state index in [9.17, 15) is 9.59 Å². The Morgan fingerprint density at radius 3 is 2.00 bits per heavy atom. The fourth-order valence-corrected chi connectivity index (χ4v) is 3.04. The van der Waals surface area contributed by atoms with Crippen LogP contribution in [0.15, 0.2) is 78.9 Å². The van der Waals surface area contributed by atoms with Gasteiger partial charge in [0, 0.05) is 29.9 Å². The SMILES string of the molecule is CCN(CC)C(=O)c1ccc(NC(=O)c2ccc(OCc3ccccc3)cc2)cc1. The third-order valence-electron chi connectivity index (χ3n) is 4.81. The Labute approximate surface area is 177 Å². The van der Waals surface area contributed by atoms with Gasteiger partial charge in [-0.1, -0.05) is 30.3 Å². The predicted molar refractivity (Wildman–Crippen MR) is 119 cm³/mol. The van der Waals surface area contributed by atoms with E-state index in [1.54, 1.807) is 53.4 Å². The third-order valence-corrected chi connectivity index (χ3v) is 4.81. The van der Waals surface area contributed by atoms with Gasteiger partial charge in [0.2, 0.25) is 0 Å². The van der Waals surface area contributed by atoms with Crippen LogP contribution in [0, 0.1) is 0 Å². The van der Waals surface area contributed by atoms with Crippen molar-refractivity contribution in [3.05, 3.63) is 95.6 Å². The van der Waals surface area contributed by atoms with Crippen molar-refractivity contribution in [2.45, 2.75) is 20.5 Å². The molecule has 0 spiro atoms. The Morgan fingerprint density at radius 2 is 1.40 bits per heavy atom. The van der Waals surface area contributed by atoms with Crippen molar-refractivity contribution < 1.29 is 14.3 Å². The van der Waals surface area contributed by atoms with Crippen LogP contribution >= 0.6 is 0 Å². The molecule has 2 amide bonds. The Morgan fingerprint density at radius 1 is 0.800 bits per heavy atom. The average Bonchev–Trinajstić information content (AvgIpc) is 2.80. The molecule has 0 heterocycles. The number of anilines is 1. The van der Waals surface area contributed by atoms with Gasteiger partial charge in [-0.15, -0.1) is 0 Å². The molecule has 0 aromatic heterocycles. The Hall–Kier alpha value is -3.60. The van der Waals surface area contributed by atoms with Gasteiger partial charge in [0.1, 0.15) is 12.4 Å². The average molecular weight is 402 g/mol. The minimum absolute atomic E-state index is 0.0102. The van der Waals surface area contributed by atoms with E-state index in [1.807, 2.05) is 44.2 Å². The summed E-state index contributed by atoms with van der Waals surface area (Å²) < 4.78 is 5.75. The summed E-state index contributed by atoms with van der Waals surface area (Å²) in [6.45, 7) is 5.71. The smallest absolute Gasteiger partial charge is 0.255 e. The summed E-state index contributed by atoms with van der Waals surface area (Å²) in [5.74, 6) is 0.478. The molecule has 0 atom stereocenters. The Bertz CT molecular complexity index is 964. The summed E-state index contributed by atoms with van der Waals surface area (Å²) in [5, 5.41) is 2.85. The monoisotopic (exact) mass is 402 g/mol. The van der Waals surface area contributed by atoms with Crippen molar-refractivity contribution in [1.29, 1.82) is 0 Å². The molecule has 0 fully saturated rings. The highest BCUT2D eigenvalue weighted by atomic mass is 16.5. The van der Waals surface area contributed by atoms with Crippen molar-refractivity contribution in [2.24, 2.45) is 0 Å². The highest BCUT2D eigenvalue weighted by Crippen LogP contribution is 2.17. The summed E-state index contributed by atoms with van der Waals surface area (Å²) in [5.41, 5.74) is 2.87. The largest absolute Gasteiger partial charge is 0.489 e. The van der Waals surface area contributed by atoms with Crippen molar-refractivity contribution in [1.82, 2.24) is 4.90 Å². The van der Waals surface area contributed by atoms with Crippen molar-refractivity contribution in [2.75, 3.05) is 18.4 Å². The molecule has 0 radical (unpaired) electrons. The minimum atomic E-state index is -0.215. The molecular formula is C25H26N2O3. The number of nitrogens with zero attached hydrogens (tertiary/aromatic N) is 1. The maximum atomic E-state index is 12.5. The molecule has 0 aliphatic heterocycles. The fourth-order valence-electron chi connectivity index (χ4n) is 3.04. The summed E-state index contributed by atoms with van der Waals surface area (Å²) in [6.07, 6.45) is 0. The number of amides is 2. The number of benzene rings is 3. The first-order chi connectivity index (χ1) is 14.6. The maximum Gasteiger partial charge on any atom is 0.255 e. The van der Waals surface area contributed by atoms with Gasteiger partial charge < -0.3 is 15.0 Å². The highest BCUT2D eigenvalue weighted by molar-refractivity contribution is 6.04. The van der Waals surface area contributed by atoms with Crippen LogP contribution in [0.5, 0.6) is 5.75 Å². The lowest BCUT2D eigenvalue weighted by molar-refractivity contribution is 0.0773. The van der Waals surface area contributed by atoms with Gasteiger partial charge in [-0.2, -0.15) is 0 Å². The van der Waals surface area contributed by atoms with Gasteiger partial charge in [-0.3, -0.25) is 9.59 Å². The van der Waals surface area contributed by atoms with Gasteiger partial charge in [0.15, 0.2) is 0 Å². The lowest BCUT2D eigenvalue weighted by atomic mass is 10.1. The number of nitrogens with one attached hydrogen (secondary N) is 1. The predicted octanol–water partition coefficient (Wildman–Crippen LogP) is 5.00. The normalized spacial score (nSPS) is 10.3. The second-order valence-electron chi connectivity index (χ2n) is 6.81. The zero-order valence-electron chi connectivity index (χ0n) is 17.3. The molecule has 30 heavy (non-hydrogen) atoms. The van der Waals surface area contributed by atoms with E-state index in [2.05, 4.69) is 5.32 Å². The van der Waals surface area contributed by atoms with Crippen LogP contribution in [0.3, 0.4) is 0 Å². The number of hydrogen-bond donors (Lipinski definition) is 1. The molecule has 0 saturated heterocycles. The molecule has 154 valence electrons. The molecule has 0 aliphatic rings. The topological polar surface area (TPSA) is 58.6 Å². The van der Waals surface area contributed by atoms with Crippen LogP contribution in [0.25, 0.3) is 0 Å². The molecule has 1 N–H and O–H groups in total. The molecule has 0 bridgehead atoms.